The highest BCUT2D eigenvalue weighted by atomic mass is 16.5. The third-order valence-electron chi connectivity index (χ3n) is 3.29. The van der Waals surface area contributed by atoms with Crippen LogP contribution in [0.15, 0.2) is 18.2 Å². The van der Waals surface area contributed by atoms with Crippen LogP contribution < -0.4 is 4.74 Å². The van der Waals surface area contributed by atoms with Crippen LogP contribution in [0.1, 0.15) is 44.7 Å². The van der Waals surface area contributed by atoms with Crippen molar-refractivity contribution in [3.63, 3.8) is 0 Å². The first-order chi connectivity index (χ1) is 6.91. The quantitative estimate of drug-likeness (QED) is 0.622. The number of ether oxygens (including phenoxy) is 1. The van der Waals surface area contributed by atoms with Gasteiger partial charge in [-0.3, -0.25) is 0 Å². The number of rotatable bonds is 0. The minimum atomic E-state index is 0.199. The van der Waals surface area contributed by atoms with Crippen molar-refractivity contribution in [1.82, 2.24) is 0 Å². The van der Waals surface area contributed by atoms with Crippen molar-refractivity contribution >= 4 is 0 Å². The van der Waals surface area contributed by atoms with Crippen molar-refractivity contribution in [2.24, 2.45) is 5.41 Å². The van der Waals surface area contributed by atoms with Gasteiger partial charge >= 0.3 is 0 Å². The van der Waals surface area contributed by atoms with Gasteiger partial charge in [0.1, 0.15) is 11.9 Å². The van der Waals surface area contributed by atoms with Gasteiger partial charge in [-0.15, -0.1) is 0 Å². The molecule has 0 fully saturated rings. The summed E-state index contributed by atoms with van der Waals surface area (Å²) < 4.78 is 6.11. The second-order valence-corrected chi connectivity index (χ2v) is 5.69. The molecule has 82 valence electrons. The van der Waals surface area contributed by atoms with Gasteiger partial charge < -0.3 is 4.74 Å². The summed E-state index contributed by atoms with van der Waals surface area (Å²) in [6.45, 7) is 11.1. The van der Waals surface area contributed by atoms with E-state index in [-0.39, 0.29) is 5.41 Å². The van der Waals surface area contributed by atoms with Gasteiger partial charge in [0.05, 0.1) is 0 Å². The Morgan fingerprint density at radius 2 is 1.87 bits per heavy atom. The molecule has 1 aromatic carbocycles. The molecule has 0 spiro atoms. The van der Waals surface area contributed by atoms with Crippen LogP contribution in [0.3, 0.4) is 0 Å². The van der Waals surface area contributed by atoms with Crippen LogP contribution in [0.5, 0.6) is 5.75 Å². The standard InChI is InChI=1S/C14H20O/c1-9-7-6-8-11-10(2)13(14(3,4)5)15-12(9)11/h6-8,10,13H,1-5H3. The van der Waals surface area contributed by atoms with Crippen molar-refractivity contribution in [3.05, 3.63) is 29.3 Å². The van der Waals surface area contributed by atoms with E-state index in [1.165, 1.54) is 11.1 Å². The maximum atomic E-state index is 6.11. The summed E-state index contributed by atoms with van der Waals surface area (Å²) in [5.41, 5.74) is 2.83. The number of fused-ring (bicyclic) bond motifs is 1. The molecular weight excluding hydrogens is 184 g/mol. The van der Waals surface area contributed by atoms with Crippen molar-refractivity contribution in [2.75, 3.05) is 0 Å². The Kier molecular flexibility index (Phi) is 2.29. The molecule has 1 aliphatic rings. The first-order valence-electron chi connectivity index (χ1n) is 5.67. The predicted molar refractivity (Wildman–Crippen MR) is 63.5 cm³/mol. The Bertz CT molecular complexity index is 373. The van der Waals surface area contributed by atoms with Gasteiger partial charge in [0.25, 0.3) is 0 Å². The van der Waals surface area contributed by atoms with Crippen molar-refractivity contribution in [2.45, 2.75) is 46.6 Å². The lowest BCUT2D eigenvalue weighted by Crippen LogP contribution is -2.32. The van der Waals surface area contributed by atoms with Crippen LogP contribution in [-0.4, -0.2) is 6.10 Å². The summed E-state index contributed by atoms with van der Waals surface area (Å²) in [5.74, 6) is 1.62. The Balaban J connectivity index is 2.42. The van der Waals surface area contributed by atoms with Crippen molar-refractivity contribution in [3.8, 4) is 5.75 Å². The van der Waals surface area contributed by atoms with E-state index < -0.39 is 0 Å². The first kappa shape index (κ1) is 10.5. The number of hydrogen-bond donors (Lipinski definition) is 0. The van der Waals surface area contributed by atoms with E-state index in [4.69, 9.17) is 4.74 Å². The highest BCUT2D eigenvalue weighted by Gasteiger charge is 2.39. The third-order valence-corrected chi connectivity index (χ3v) is 3.29. The Morgan fingerprint density at radius 1 is 1.20 bits per heavy atom. The highest BCUT2D eigenvalue weighted by Crippen LogP contribution is 2.45. The van der Waals surface area contributed by atoms with Gasteiger partial charge in [-0.2, -0.15) is 0 Å². The van der Waals surface area contributed by atoms with E-state index in [9.17, 15) is 0 Å². The Hall–Kier alpha value is -0.980. The maximum Gasteiger partial charge on any atom is 0.126 e. The number of hydrogen-bond acceptors (Lipinski definition) is 1. The van der Waals surface area contributed by atoms with E-state index in [0.29, 0.717) is 12.0 Å². The van der Waals surface area contributed by atoms with Gasteiger partial charge in [-0.25, -0.2) is 0 Å². The molecule has 1 nitrogen and oxygen atoms in total. The molecule has 0 radical (unpaired) electrons. The summed E-state index contributed by atoms with van der Waals surface area (Å²) in [4.78, 5) is 0. The average Bonchev–Trinajstić information content (AvgIpc) is 2.45. The zero-order valence-corrected chi connectivity index (χ0v) is 10.3. The van der Waals surface area contributed by atoms with Gasteiger partial charge in [0.2, 0.25) is 0 Å². The van der Waals surface area contributed by atoms with Crippen LogP contribution in [0.25, 0.3) is 0 Å². The predicted octanol–water partition coefficient (Wildman–Crippen LogP) is 3.91. The van der Waals surface area contributed by atoms with E-state index in [2.05, 4.69) is 52.8 Å². The molecule has 1 aliphatic heterocycles. The number of benzene rings is 1. The molecule has 0 N–H and O–H groups in total. The van der Waals surface area contributed by atoms with Gasteiger partial charge in [-0.1, -0.05) is 45.9 Å². The lowest BCUT2D eigenvalue weighted by atomic mass is 9.80. The van der Waals surface area contributed by atoms with Crippen molar-refractivity contribution in [1.29, 1.82) is 0 Å². The monoisotopic (exact) mass is 204 g/mol. The Labute approximate surface area is 92.5 Å². The average molecular weight is 204 g/mol. The number of para-hydroxylation sites is 1. The second-order valence-electron chi connectivity index (χ2n) is 5.69. The molecule has 0 amide bonds. The summed E-state index contributed by atoms with van der Waals surface area (Å²) in [5, 5.41) is 0. The topological polar surface area (TPSA) is 9.23 Å². The lowest BCUT2D eigenvalue weighted by molar-refractivity contribution is 0.0905. The van der Waals surface area contributed by atoms with Gasteiger partial charge in [0, 0.05) is 11.5 Å². The van der Waals surface area contributed by atoms with Crippen LogP contribution in [0, 0.1) is 12.3 Å². The minimum absolute atomic E-state index is 0.199. The molecule has 1 heteroatoms. The van der Waals surface area contributed by atoms with Crippen LogP contribution in [0.2, 0.25) is 0 Å². The largest absolute Gasteiger partial charge is 0.489 e. The van der Waals surface area contributed by atoms with Crippen LogP contribution >= 0.6 is 0 Å². The zero-order chi connectivity index (χ0) is 11.2. The maximum absolute atomic E-state index is 6.11. The smallest absolute Gasteiger partial charge is 0.126 e. The fourth-order valence-corrected chi connectivity index (χ4v) is 2.51. The summed E-state index contributed by atoms with van der Waals surface area (Å²) >= 11 is 0. The molecule has 0 bridgehead atoms. The van der Waals surface area contributed by atoms with Crippen LogP contribution in [-0.2, 0) is 0 Å². The van der Waals surface area contributed by atoms with E-state index in [0.717, 1.165) is 5.75 Å². The van der Waals surface area contributed by atoms with E-state index in [1.54, 1.807) is 0 Å². The molecule has 0 saturated heterocycles. The molecule has 2 atom stereocenters. The minimum Gasteiger partial charge on any atom is -0.489 e. The fraction of sp³-hybridized carbons (Fsp3) is 0.571. The Morgan fingerprint density at radius 3 is 2.40 bits per heavy atom. The molecule has 2 rings (SSSR count). The van der Waals surface area contributed by atoms with E-state index >= 15 is 0 Å². The summed E-state index contributed by atoms with van der Waals surface area (Å²) in [7, 11) is 0. The SMILES string of the molecule is Cc1cccc2c1OC(C(C)(C)C)C2C. The van der Waals surface area contributed by atoms with Crippen molar-refractivity contribution < 1.29 is 4.74 Å². The third kappa shape index (κ3) is 1.64. The molecular formula is C14H20O. The second kappa shape index (κ2) is 3.26. The van der Waals surface area contributed by atoms with Gasteiger partial charge in [0.15, 0.2) is 0 Å². The summed E-state index contributed by atoms with van der Waals surface area (Å²) in [6.07, 6.45) is 0.300. The number of aryl methyl sites for hydroxylation is 1. The normalized spacial score (nSPS) is 24.9. The molecule has 1 heterocycles. The molecule has 0 aromatic heterocycles. The van der Waals surface area contributed by atoms with E-state index in [1.807, 2.05) is 0 Å². The zero-order valence-electron chi connectivity index (χ0n) is 10.3. The van der Waals surface area contributed by atoms with Crippen LogP contribution in [0.4, 0.5) is 0 Å². The molecule has 0 aliphatic carbocycles. The fourth-order valence-electron chi connectivity index (χ4n) is 2.51. The first-order valence-corrected chi connectivity index (χ1v) is 5.67. The van der Waals surface area contributed by atoms with Gasteiger partial charge in [-0.05, 0) is 17.9 Å². The summed E-state index contributed by atoms with van der Waals surface area (Å²) in [6, 6.07) is 6.44. The molecule has 1 aromatic rings. The molecule has 0 saturated carbocycles. The highest BCUT2D eigenvalue weighted by molar-refractivity contribution is 5.46. The molecule has 15 heavy (non-hydrogen) atoms. The lowest BCUT2D eigenvalue weighted by Gasteiger charge is -2.29. The molecule has 2 unspecified atom stereocenters.